The van der Waals surface area contributed by atoms with Crippen molar-refractivity contribution in [2.45, 2.75) is 114 Å². The van der Waals surface area contributed by atoms with E-state index in [-0.39, 0.29) is 55.4 Å². The second-order valence-corrected chi connectivity index (χ2v) is 22.8. The summed E-state index contributed by atoms with van der Waals surface area (Å²) in [4.78, 5) is 46.6. The molecular formula is C61H64F2N12O7. The molecule has 6 atom stereocenters. The lowest BCUT2D eigenvalue weighted by atomic mass is 9.88. The summed E-state index contributed by atoms with van der Waals surface area (Å²) in [7, 11) is 0. The molecule has 5 fully saturated rings. The van der Waals surface area contributed by atoms with Gasteiger partial charge in [-0.1, -0.05) is 67.6 Å². The van der Waals surface area contributed by atoms with Crippen molar-refractivity contribution in [3.05, 3.63) is 125 Å². The lowest BCUT2D eigenvalue weighted by Gasteiger charge is -2.31. The van der Waals surface area contributed by atoms with Gasteiger partial charge in [0, 0.05) is 90.2 Å². The first-order valence-electron chi connectivity index (χ1n) is 28.4. The summed E-state index contributed by atoms with van der Waals surface area (Å²) in [6.45, 7) is 7.99. The van der Waals surface area contributed by atoms with Crippen LogP contribution < -0.4 is 25.0 Å². The number of rotatable bonds is 17. The van der Waals surface area contributed by atoms with Crippen molar-refractivity contribution < 1.29 is 42.8 Å². The van der Waals surface area contributed by atoms with Gasteiger partial charge in [-0.2, -0.15) is 15.1 Å². The van der Waals surface area contributed by atoms with Crippen LogP contribution in [0.1, 0.15) is 92.6 Å². The molecular weight excluding hydrogens is 1050 g/mol. The van der Waals surface area contributed by atoms with Crippen LogP contribution in [0.2, 0.25) is 0 Å². The first-order valence-corrected chi connectivity index (χ1v) is 28.4. The third kappa shape index (κ3) is 10.2. The standard InChI is InChI=1S/C61H64F2N12O7/c1-32(2)56(60(79)74-28-41(77)21-52(74)59(78)67-51(30-76)38-12-10-35(11-13-38)43-14-17-64-26-48(43)63)75-29-50(71-72-75)37-6-4-34(5-7-37)31-81-57-54(53-33(3)47(62)23-49-46(53)25-66-70-49)44(36-8-9-36)22-45-55(57)68-61(82-42-15-18-80-19-16-42)69-58(45)73-27-39-20-40(73)24-65-39/h4-7,10-14,17,22-23,25-26,29,32,36,39-42,51-52,56,65,76-77H,8-9,15-16,18-21,24,27-28,30-31H2,1-3H3,(H,66,70)(H,67,78)/t39-,40-,41+,51-,52-,56-/m0/s1. The van der Waals surface area contributed by atoms with Crippen molar-refractivity contribution >= 4 is 39.4 Å². The lowest BCUT2D eigenvalue weighted by Crippen LogP contribution is -2.50. The fourth-order valence-corrected chi connectivity index (χ4v) is 12.5. The number of benzene rings is 4. The largest absolute Gasteiger partial charge is 0.486 e. The number of β-amino-alcohol motifs (C(OH)–C–C–N with tert-alkyl or cyclic N) is 1. The fourth-order valence-electron chi connectivity index (χ4n) is 12.5. The van der Waals surface area contributed by atoms with Gasteiger partial charge in [0.15, 0.2) is 5.75 Å². The Balaban J connectivity index is 0.781. The molecule has 1 aliphatic carbocycles. The number of aromatic amines is 1. The number of fused-ring (bicyclic) bond motifs is 4. The summed E-state index contributed by atoms with van der Waals surface area (Å²) >= 11 is 0. The molecule has 0 radical (unpaired) electrons. The van der Waals surface area contributed by atoms with E-state index in [0.717, 1.165) is 77.4 Å². The number of piperazine rings is 1. The van der Waals surface area contributed by atoms with E-state index in [1.165, 1.54) is 21.8 Å². The number of aliphatic hydroxyl groups is 2. The van der Waals surface area contributed by atoms with Gasteiger partial charge in [-0.3, -0.25) is 19.7 Å². The first kappa shape index (κ1) is 53.3. The number of aliphatic hydroxyl groups excluding tert-OH is 2. The molecule has 5 aliphatic rings. The van der Waals surface area contributed by atoms with Gasteiger partial charge in [0.1, 0.15) is 53.5 Å². The number of hydrogen-bond acceptors (Lipinski definition) is 15. The Bertz CT molecular complexity index is 3700. The number of carbonyl (C=O) groups is 2. The zero-order valence-corrected chi connectivity index (χ0v) is 45.8. The van der Waals surface area contributed by atoms with Crippen LogP contribution in [0.15, 0.2) is 91.5 Å². The number of anilines is 1. The van der Waals surface area contributed by atoms with Crippen LogP contribution >= 0.6 is 0 Å². The minimum atomic E-state index is -1.03. The number of likely N-dealkylation sites (tertiary alicyclic amines) is 1. The minimum absolute atomic E-state index is 0.000185. The van der Waals surface area contributed by atoms with E-state index >= 15 is 4.39 Å². The summed E-state index contributed by atoms with van der Waals surface area (Å²) in [5.41, 5.74) is 7.78. The summed E-state index contributed by atoms with van der Waals surface area (Å²) in [6, 6.07) is 17.9. The van der Waals surface area contributed by atoms with Crippen molar-refractivity contribution in [3.8, 4) is 45.3 Å². The number of pyridine rings is 1. The van der Waals surface area contributed by atoms with E-state index in [1.54, 1.807) is 49.6 Å². The van der Waals surface area contributed by atoms with E-state index in [0.29, 0.717) is 82.4 Å². The maximum atomic E-state index is 16.2. The van der Waals surface area contributed by atoms with Crippen LogP contribution in [-0.2, 0) is 20.9 Å². The molecule has 13 rings (SSSR count). The molecule has 19 nitrogen and oxygen atoms in total. The molecule has 82 heavy (non-hydrogen) atoms. The molecule has 8 aromatic rings. The Morgan fingerprint density at radius 2 is 1.71 bits per heavy atom. The highest BCUT2D eigenvalue weighted by Gasteiger charge is 2.44. The van der Waals surface area contributed by atoms with E-state index in [1.807, 2.05) is 38.1 Å². The van der Waals surface area contributed by atoms with Gasteiger partial charge in [0.2, 0.25) is 11.8 Å². The van der Waals surface area contributed by atoms with Crippen molar-refractivity contribution in [1.82, 2.24) is 55.7 Å². The first-order chi connectivity index (χ1) is 39.9. The molecule has 2 bridgehead atoms. The zero-order chi connectivity index (χ0) is 56.3. The van der Waals surface area contributed by atoms with Gasteiger partial charge in [0.05, 0.1) is 56.1 Å². The maximum absolute atomic E-state index is 16.2. The second kappa shape index (κ2) is 22.1. The molecule has 1 saturated carbocycles. The van der Waals surface area contributed by atoms with Gasteiger partial charge in [-0.15, -0.1) is 5.10 Å². The molecule has 8 heterocycles. The van der Waals surface area contributed by atoms with E-state index < -0.39 is 48.5 Å². The Hall–Kier alpha value is -7.98. The van der Waals surface area contributed by atoms with Crippen molar-refractivity contribution in [1.29, 1.82) is 0 Å². The van der Waals surface area contributed by atoms with Crippen LogP contribution in [-0.4, -0.2) is 137 Å². The SMILES string of the molecule is Cc1c(F)cc2[nH]ncc2c1-c1c(C2CC2)cc2c(N3C[C@@H]4C[C@H]3CN4)nc(OC3CCOCC3)nc2c1OCc1ccc(-c2cn([C@H](C(=O)N3C[C@H](O)C[C@H]3C(=O)N[C@@H](CO)c3ccc(-c4ccncc4F)cc3)C(C)C)nn2)cc1. The number of hydrogen-bond donors (Lipinski definition) is 5. The van der Waals surface area contributed by atoms with Crippen LogP contribution in [0, 0.1) is 24.5 Å². The second-order valence-electron chi connectivity index (χ2n) is 22.8. The average molecular weight is 1120 g/mol. The highest BCUT2D eigenvalue weighted by atomic mass is 19.1. The minimum Gasteiger partial charge on any atom is -0.486 e. The monoisotopic (exact) mass is 1110 g/mol. The highest BCUT2D eigenvalue weighted by Crippen LogP contribution is 2.53. The number of ether oxygens (including phenoxy) is 3. The van der Waals surface area contributed by atoms with Crippen LogP contribution in [0.5, 0.6) is 11.8 Å². The Labute approximate surface area is 471 Å². The van der Waals surface area contributed by atoms with E-state index in [2.05, 4.69) is 47.1 Å². The number of H-pyrrole nitrogens is 1. The number of halogens is 2. The molecule has 4 aromatic carbocycles. The Morgan fingerprint density at radius 1 is 0.915 bits per heavy atom. The third-order valence-electron chi connectivity index (χ3n) is 17.0. The number of nitrogens with zero attached hydrogens (tertiary/aromatic N) is 9. The predicted molar refractivity (Wildman–Crippen MR) is 301 cm³/mol. The van der Waals surface area contributed by atoms with Gasteiger partial charge in [-0.05, 0) is 84.0 Å². The van der Waals surface area contributed by atoms with Crippen LogP contribution in [0.3, 0.4) is 0 Å². The topological polar surface area (TPSA) is 231 Å². The average Bonchev–Trinajstić information content (AvgIpc) is 3.31. The highest BCUT2D eigenvalue weighted by molar-refractivity contribution is 6.06. The summed E-state index contributed by atoms with van der Waals surface area (Å²) in [5.74, 6) is -0.556. The van der Waals surface area contributed by atoms with E-state index in [4.69, 9.17) is 24.2 Å². The number of nitrogens with one attached hydrogen (secondary N) is 3. The molecule has 4 aliphatic heterocycles. The van der Waals surface area contributed by atoms with Gasteiger partial charge in [-0.25, -0.2) is 13.5 Å². The molecule has 4 saturated heterocycles. The Morgan fingerprint density at radius 3 is 2.43 bits per heavy atom. The summed E-state index contributed by atoms with van der Waals surface area (Å²) < 4.78 is 51.6. The lowest BCUT2D eigenvalue weighted by molar-refractivity contribution is -0.142. The van der Waals surface area contributed by atoms with Crippen LogP contribution in [0.4, 0.5) is 14.6 Å². The summed E-state index contributed by atoms with van der Waals surface area (Å²) in [5, 5.41) is 45.8. The maximum Gasteiger partial charge on any atom is 0.319 e. The molecule has 4 aromatic heterocycles. The fraction of sp³-hybridized carbons (Fsp3) is 0.410. The molecule has 21 heteroatoms. The van der Waals surface area contributed by atoms with Gasteiger partial charge < -0.3 is 44.9 Å². The third-order valence-corrected chi connectivity index (χ3v) is 17.0. The van der Waals surface area contributed by atoms with Crippen molar-refractivity contribution in [2.75, 3.05) is 44.4 Å². The number of aromatic nitrogens is 8. The quantitative estimate of drug-likeness (QED) is 0.0590. The molecule has 5 N–H and O–H groups in total. The molecule has 2 amide bonds. The van der Waals surface area contributed by atoms with Gasteiger partial charge in [0.25, 0.3) is 0 Å². The normalized spacial score (nSPS) is 20.8. The predicted octanol–water partition coefficient (Wildman–Crippen LogP) is 7.65. The van der Waals surface area contributed by atoms with Crippen molar-refractivity contribution in [2.24, 2.45) is 5.92 Å². The number of carbonyl (C=O) groups excluding carboxylic acids is 2. The molecule has 0 unspecified atom stereocenters. The summed E-state index contributed by atoms with van der Waals surface area (Å²) in [6.07, 6.45) is 9.38. The van der Waals surface area contributed by atoms with E-state index in [9.17, 15) is 24.2 Å². The van der Waals surface area contributed by atoms with Crippen molar-refractivity contribution in [3.63, 3.8) is 0 Å². The number of amides is 2. The smallest absolute Gasteiger partial charge is 0.319 e. The van der Waals surface area contributed by atoms with Gasteiger partial charge >= 0.3 is 6.01 Å². The van der Waals surface area contributed by atoms with Crippen LogP contribution in [0.25, 0.3) is 55.3 Å². The zero-order valence-electron chi connectivity index (χ0n) is 45.8. The molecule has 0 spiro atoms. The molecule has 424 valence electrons. The Kier molecular flexibility index (Phi) is 14.4.